The lowest BCUT2D eigenvalue weighted by Gasteiger charge is -2.43. The van der Waals surface area contributed by atoms with Gasteiger partial charge in [-0.25, -0.2) is 8.78 Å². The molecule has 0 saturated heterocycles. The lowest BCUT2D eigenvalue weighted by molar-refractivity contribution is -0.0793. The molecule has 0 fully saturated rings. The lowest BCUT2D eigenvalue weighted by Crippen LogP contribution is -2.50. The number of pyridine rings is 1. The fraction of sp³-hybridized carbons (Fsp3) is 0.308. The standard InChI is InChI=1S/C26H28F2N4OSi/c1-17-8-10-24(29-13-17)25-20-9-11-23-22(14-30-31-23)21(20)12-18(2)32(25)15-26(27,28)16-33-34-19-6-4-3-5-7-19/h3-11,13-14,18,25H,12,15-16,34H2,1-2H3,(H,30,31)/t18-,25+/m1/s1. The van der Waals surface area contributed by atoms with Gasteiger partial charge in [-0.3, -0.25) is 15.0 Å². The number of hydrogen-bond acceptors (Lipinski definition) is 4. The van der Waals surface area contributed by atoms with E-state index in [1.165, 1.54) is 0 Å². The normalized spacial score (nSPS) is 19.2. The summed E-state index contributed by atoms with van der Waals surface area (Å²) in [5.41, 5.74) is 4.93. The molecule has 5 nitrogen and oxygen atoms in total. The molecule has 0 saturated carbocycles. The highest BCUT2D eigenvalue weighted by atomic mass is 28.2. The van der Waals surface area contributed by atoms with Crippen molar-refractivity contribution in [2.24, 2.45) is 0 Å². The molecule has 2 aromatic heterocycles. The van der Waals surface area contributed by atoms with Crippen LogP contribution in [0.25, 0.3) is 10.9 Å². The molecule has 0 radical (unpaired) electrons. The van der Waals surface area contributed by atoms with Gasteiger partial charge >= 0.3 is 0 Å². The van der Waals surface area contributed by atoms with E-state index in [1.807, 2.05) is 79.5 Å². The van der Waals surface area contributed by atoms with Gasteiger partial charge in [-0.05, 0) is 54.3 Å². The SMILES string of the molecule is Cc1ccc([C@@H]2c3ccc4[nH]ncc4c3C[C@@H](C)N2CC(F)(F)CO[SiH2]c2ccccc2)nc1. The second-order valence-electron chi connectivity index (χ2n) is 9.19. The first kappa shape index (κ1) is 22.8. The van der Waals surface area contributed by atoms with E-state index in [9.17, 15) is 0 Å². The average molecular weight is 479 g/mol. The Labute approximate surface area is 200 Å². The number of rotatable bonds is 7. The summed E-state index contributed by atoms with van der Waals surface area (Å²) in [5.74, 6) is -2.98. The van der Waals surface area contributed by atoms with Crippen LogP contribution in [0.5, 0.6) is 0 Å². The second-order valence-corrected chi connectivity index (χ2v) is 10.7. The molecular weight excluding hydrogens is 450 g/mol. The molecule has 2 aromatic carbocycles. The lowest BCUT2D eigenvalue weighted by atomic mass is 9.84. The van der Waals surface area contributed by atoms with E-state index in [1.54, 1.807) is 6.20 Å². The van der Waals surface area contributed by atoms with Crippen LogP contribution in [0.3, 0.4) is 0 Å². The Hall–Kier alpha value is -2.94. The van der Waals surface area contributed by atoms with Crippen molar-refractivity contribution < 1.29 is 13.2 Å². The van der Waals surface area contributed by atoms with Crippen molar-refractivity contribution in [3.8, 4) is 0 Å². The molecule has 1 N–H and O–H groups in total. The Balaban J connectivity index is 1.44. The molecule has 1 aliphatic rings. The zero-order valence-electron chi connectivity index (χ0n) is 19.3. The quantitative estimate of drug-likeness (QED) is 0.412. The number of nitrogens with one attached hydrogen (secondary N) is 1. The van der Waals surface area contributed by atoms with Crippen LogP contribution in [0.15, 0.2) is 67.0 Å². The zero-order chi connectivity index (χ0) is 23.7. The Bertz CT molecular complexity index is 1260. The van der Waals surface area contributed by atoms with Gasteiger partial charge in [0.2, 0.25) is 0 Å². The van der Waals surface area contributed by atoms with Crippen LogP contribution < -0.4 is 5.19 Å². The minimum atomic E-state index is -2.98. The summed E-state index contributed by atoms with van der Waals surface area (Å²) in [6.45, 7) is 3.03. The van der Waals surface area contributed by atoms with Gasteiger partial charge in [-0.15, -0.1) is 0 Å². The fourth-order valence-corrected chi connectivity index (χ4v) is 5.95. The summed E-state index contributed by atoms with van der Waals surface area (Å²) in [4.78, 5) is 6.54. The van der Waals surface area contributed by atoms with E-state index in [0.717, 1.165) is 38.5 Å². The van der Waals surface area contributed by atoms with Crippen molar-refractivity contribution in [3.05, 3.63) is 89.4 Å². The maximum atomic E-state index is 15.2. The number of fused-ring (bicyclic) bond motifs is 3. The molecule has 0 bridgehead atoms. The maximum Gasteiger partial charge on any atom is 0.282 e. The van der Waals surface area contributed by atoms with E-state index in [-0.39, 0.29) is 18.6 Å². The third kappa shape index (κ3) is 4.66. The summed E-state index contributed by atoms with van der Waals surface area (Å²) in [6.07, 6.45) is 4.30. The van der Waals surface area contributed by atoms with Crippen LogP contribution >= 0.6 is 0 Å². The Morgan fingerprint density at radius 3 is 2.71 bits per heavy atom. The average Bonchev–Trinajstić information content (AvgIpc) is 3.30. The topological polar surface area (TPSA) is 54.0 Å². The number of nitrogens with zero attached hydrogens (tertiary/aromatic N) is 3. The van der Waals surface area contributed by atoms with Crippen molar-refractivity contribution in [1.82, 2.24) is 20.1 Å². The predicted molar refractivity (Wildman–Crippen MR) is 132 cm³/mol. The first-order valence-electron chi connectivity index (χ1n) is 11.5. The number of aryl methyl sites for hydroxylation is 1. The van der Waals surface area contributed by atoms with E-state index in [4.69, 9.17) is 4.43 Å². The monoisotopic (exact) mass is 478 g/mol. The molecular formula is C26H28F2N4OSi. The molecule has 0 spiro atoms. The Kier molecular flexibility index (Phi) is 6.29. The van der Waals surface area contributed by atoms with Gasteiger partial charge in [0.15, 0.2) is 9.76 Å². The van der Waals surface area contributed by atoms with Gasteiger partial charge in [-0.2, -0.15) is 5.10 Å². The van der Waals surface area contributed by atoms with Crippen molar-refractivity contribution in [2.45, 2.75) is 38.3 Å². The summed E-state index contributed by atoms with van der Waals surface area (Å²) in [7, 11) is -1.20. The molecule has 0 amide bonds. The summed E-state index contributed by atoms with van der Waals surface area (Å²) in [5, 5.41) is 9.28. The maximum absolute atomic E-state index is 15.2. The number of halogens is 2. The summed E-state index contributed by atoms with van der Waals surface area (Å²) >= 11 is 0. The number of aromatic nitrogens is 3. The smallest absolute Gasteiger partial charge is 0.282 e. The number of H-pyrrole nitrogens is 1. The molecule has 8 heteroatoms. The molecule has 176 valence electrons. The fourth-order valence-electron chi connectivity index (χ4n) is 4.85. The van der Waals surface area contributed by atoms with Gasteiger partial charge in [0.05, 0.1) is 36.6 Å². The molecule has 5 rings (SSSR count). The minimum Gasteiger partial charge on any atom is -0.412 e. The Morgan fingerprint density at radius 1 is 1.12 bits per heavy atom. The summed E-state index contributed by atoms with van der Waals surface area (Å²) in [6, 6.07) is 17.1. The van der Waals surface area contributed by atoms with Crippen LogP contribution in [-0.2, 0) is 10.8 Å². The molecule has 3 heterocycles. The van der Waals surface area contributed by atoms with Crippen LogP contribution in [-0.4, -0.2) is 55.0 Å². The van der Waals surface area contributed by atoms with Crippen molar-refractivity contribution in [2.75, 3.05) is 13.2 Å². The van der Waals surface area contributed by atoms with Gasteiger partial charge in [0.25, 0.3) is 5.92 Å². The molecule has 0 unspecified atom stereocenters. The van der Waals surface area contributed by atoms with Gasteiger partial charge < -0.3 is 4.43 Å². The van der Waals surface area contributed by atoms with Crippen molar-refractivity contribution in [1.29, 1.82) is 0 Å². The number of hydrogen-bond donors (Lipinski definition) is 1. The number of alkyl halides is 2. The van der Waals surface area contributed by atoms with Crippen LogP contribution in [0.2, 0.25) is 0 Å². The van der Waals surface area contributed by atoms with E-state index >= 15 is 8.78 Å². The minimum absolute atomic E-state index is 0.0988. The third-order valence-corrected chi connectivity index (χ3v) is 7.73. The van der Waals surface area contributed by atoms with Gasteiger partial charge in [0.1, 0.15) is 0 Å². The highest BCUT2D eigenvalue weighted by Gasteiger charge is 2.41. The molecule has 2 atom stereocenters. The van der Waals surface area contributed by atoms with E-state index < -0.39 is 22.3 Å². The molecule has 0 aliphatic carbocycles. The highest BCUT2D eigenvalue weighted by molar-refractivity contribution is 6.46. The predicted octanol–water partition coefficient (Wildman–Crippen LogP) is 3.66. The first-order valence-corrected chi connectivity index (χ1v) is 12.8. The highest BCUT2D eigenvalue weighted by Crippen LogP contribution is 2.41. The first-order chi connectivity index (χ1) is 16.4. The van der Waals surface area contributed by atoms with Crippen LogP contribution in [0.4, 0.5) is 8.78 Å². The number of aromatic amines is 1. The molecule has 1 aliphatic heterocycles. The zero-order valence-corrected chi connectivity index (χ0v) is 20.8. The molecule has 34 heavy (non-hydrogen) atoms. The Morgan fingerprint density at radius 2 is 1.94 bits per heavy atom. The van der Waals surface area contributed by atoms with Crippen LogP contribution in [0, 0.1) is 6.92 Å². The van der Waals surface area contributed by atoms with Crippen molar-refractivity contribution in [3.63, 3.8) is 0 Å². The van der Waals surface area contributed by atoms with E-state index in [0.29, 0.717) is 6.42 Å². The van der Waals surface area contributed by atoms with Crippen molar-refractivity contribution >= 4 is 25.9 Å². The van der Waals surface area contributed by atoms with Gasteiger partial charge in [0, 0.05) is 17.6 Å². The number of benzene rings is 2. The third-order valence-electron chi connectivity index (χ3n) is 6.52. The van der Waals surface area contributed by atoms with Gasteiger partial charge in [-0.1, -0.05) is 42.5 Å². The van der Waals surface area contributed by atoms with E-state index in [2.05, 4.69) is 15.2 Å². The summed E-state index contributed by atoms with van der Waals surface area (Å²) < 4.78 is 36.0. The molecule has 4 aromatic rings. The largest absolute Gasteiger partial charge is 0.412 e. The second kappa shape index (κ2) is 9.36. The van der Waals surface area contributed by atoms with Crippen LogP contribution in [0.1, 0.15) is 35.3 Å².